The smallest absolute Gasteiger partial charge is 0.303 e. The van der Waals surface area contributed by atoms with E-state index in [9.17, 15) is 9.59 Å². The minimum Gasteiger partial charge on any atom is -0.481 e. The number of carboxylic acids is 1. The van der Waals surface area contributed by atoms with E-state index in [1.807, 2.05) is 0 Å². The van der Waals surface area contributed by atoms with Crippen LogP contribution in [0.5, 0.6) is 0 Å². The van der Waals surface area contributed by atoms with Gasteiger partial charge in [-0.1, -0.05) is 10.8 Å². The Labute approximate surface area is 120 Å². The maximum absolute atomic E-state index is 11.6. The first kappa shape index (κ1) is 15.8. The summed E-state index contributed by atoms with van der Waals surface area (Å²) in [7, 11) is 6.45. The first-order chi connectivity index (χ1) is 9.00. The third kappa shape index (κ3) is 5.98. The average molecular weight is 300 g/mol. The van der Waals surface area contributed by atoms with Crippen LogP contribution in [0, 0.1) is 0 Å². The van der Waals surface area contributed by atoms with E-state index < -0.39 is 5.97 Å². The van der Waals surface area contributed by atoms with Crippen LogP contribution in [0.1, 0.15) is 23.2 Å². The van der Waals surface area contributed by atoms with Gasteiger partial charge in [0.2, 0.25) is 0 Å². The zero-order valence-electron chi connectivity index (χ0n) is 10.8. The van der Waals surface area contributed by atoms with E-state index in [1.54, 1.807) is 43.2 Å². The highest BCUT2D eigenvalue weighted by Gasteiger charge is 2.08. The molecule has 5 nitrogen and oxygen atoms in total. The summed E-state index contributed by atoms with van der Waals surface area (Å²) >= 11 is 0. The Morgan fingerprint density at radius 1 is 1.37 bits per heavy atom. The van der Waals surface area contributed by atoms with Crippen molar-refractivity contribution in [3.63, 3.8) is 0 Å². The molecule has 0 aliphatic carbocycles. The molecule has 0 fully saturated rings. The predicted octanol–water partition coefficient (Wildman–Crippen LogP) is 2.39. The van der Waals surface area contributed by atoms with Crippen LogP contribution in [-0.2, 0) is 4.79 Å². The molecule has 0 saturated carbocycles. The molecule has 104 valence electrons. The van der Waals surface area contributed by atoms with E-state index in [-0.39, 0.29) is 12.3 Å². The van der Waals surface area contributed by atoms with Crippen molar-refractivity contribution in [1.82, 2.24) is 9.88 Å². The molecule has 0 spiro atoms. The maximum Gasteiger partial charge on any atom is 0.303 e. The van der Waals surface area contributed by atoms with Crippen molar-refractivity contribution in [2.75, 3.05) is 19.8 Å². The average Bonchev–Trinajstić information content (AvgIpc) is 2.37. The second kappa shape index (κ2) is 8.06. The summed E-state index contributed by atoms with van der Waals surface area (Å²) in [6.45, 7) is 0. The van der Waals surface area contributed by atoms with E-state index in [1.165, 1.54) is 15.7 Å². The number of aliphatic carboxylic acids is 1. The van der Waals surface area contributed by atoms with Crippen molar-refractivity contribution < 1.29 is 14.7 Å². The topological polar surface area (TPSA) is 70.5 Å². The van der Waals surface area contributed by atoms with Crippen molar-refractivity contribution in [3.05, 3.63) is 23.9 Å². The van der Waals surface area contributed by atoms with Gasteiger partial charge in [-0.2, -0.15) is 0 Å². The Morgan fingerprint density at radius 3 is 2.63 bits per heavy atom. The molecule has 0 unspecified atom stereocenters. The van der Waals surface area contributed by atoms with Gasteiger partial charge in [0.25, 0.3) is 5.91 Å². The van der Waals surface area contributed by atoms with Crippen molar-refractivity contribution in [2.45, 2.75) is 17.9 Å². The monoisotopic (exact) mass is 300 g/mol. The number of carbonyl (C=O) groups excluding carboxylic acids is 1. The van der Waals surface area contributed by atoms with Gasteiger partial charge in [0.1, 0.15) is 5.03 Å². The number of carboxylic acid groups (broad SMARTS) is 1. The number of hydrogen-bond donors (Lipinski definition) is 1. The normalized spacial score (nSPS) is 10.2. The van der Waals surface area contributed by atoms with Gasteiger partial charge in [0, 0.05) is 32.5 Å². The molecule has 0 aromatic carbocycles. The molecule has 0 saturated heterocycles. The van der Waals surface area contributed by atoms with Crippen molar-refractivity contribution >= 4 is 33.5 Å². The summed E-state index contributed by atoms with van der Waals surface area (Å²) in [5.41, 5.74) is 0.560. The standard InChI is InChI=1S/C12H16N2O3S2/c1-14(2)12(17)9-5-6-10(13-8-9)19-18-7-3-4-11(15)16/h5-6,8H,3-4,7H2,1-2H3,(H,15,16). The fraction of sp³-hybridized carbons (Fsp3) is 0.417. The lowest BCUT2D eigenvalue weighted by molar-refractivity contribution is -0.137. The highest BCUT2D eigenvalue weighted by Crippen LogP contribution is 2.30. The molecule has 0 aliphatic rings. The quantitative estimate of drug-likeness (QED) is 0.616. The van der Waals surface area contributed by atoms with Crippen LogP contribution >= 0.6 is 21.6 Å². The molecular weight excluding hydrogens is 284 g/mol. The lowest BCUT2D eigenvalue weighted by Crippen LogP contribution is -2.21. The van der Waals surface area contributed by atoms with E-state index >= 15 is 0 Å². The largest absolute Gasteiger partial charge is 0.481 e. The summed E-state index contributed by atoms with van der Waals surface area (Å²) in [4.78, 5) is 27.7. The number of pyridine rings is 1. The molecule has 19 heavy (non-hydrogen) atoms. The summed E-state index contributed by atoms with van der Waals surface area (Å²) in [5, 5.41) is 9.31. The van der Waals surface area contributed by atoms with Crippen LogP contribution in [0.4, 0.5) is 0 Å². The Hall–Kier alpha value is -1.21. The van der Waals surface area contributed by atoms with Gasteiger partial charge in [0.05, 0.1) is 5.56 Å². The number of rotatable bonds is 7. The Balaban J connectivity index is 2.36. The molecule has 1 rings (SSSR count). The zero-order valence-corrected chi connectivity index (χ0v) is 12.5. The molecule has 0 bridgehead atoms. The van der Waals surface area contributed by atoms with Crippen LogP contribution in [0.2, 0.25) is 0 Å². The van der Waals surface area contributed by atoms with Crippen LogP contribution < -0.4 is 0 Å². The fourth-order valence-electron chi connectivity index (χ4n) is 1.20. The summed E-state index contributed by atoms with van der Waals surface area (Å²) < 4.78 is 0. The first-order valence-electron chi connectivity index (χ1n) is 5.69. The second-order valence-electron chi connectivity index (χ2n) is 3.99. The second-order valence-corrected chi connectivity index (χ2v) is 6.42. The Bertz CT molecular complexity index is 435. The van der Waals surface area contributed by atoms with Crippen molar-refractivity contribution in [2.24, 2.45) is 0 Å². The fourth-order valence-corrected chi connectivity index (χ4v) is 3.15. The number of amides is 1. The number of carbonyl (C=O) groups is 2. The van der Waals surface area contributed by atoms with Gasteiger partial charge < -0.3 is 10.0 Å². The van der Waals surface area contributed by atoms with Gasteiger partial charge in [-0.3, -0.25) is 9.59 Å². The first-order valence-corrected chi connectivity index (χ1v) is 8.01. The van der Waals surface area contributed by atoms with Crippen LogP contribution in [0.15, 0.2) is 23.4 Å². The molecule has 1 aromatic rings. The van der Waals surface area contributed by atoms with Crippen molar-refractivity contribution in [1.29, 1.82) is 0 Å². The van der Waals surface area contributed by atoms with Crippen molar-refractivity contribution in [3.8, 4) is 0 Å². The third-order valence-corrected chi connectivity index (χ3v) is 4.50. The minimum atomic E-state index is -0.768. The summed E-state index contributed by atoms with van der Waals surface area (Å²) in [6, 6.07) is 3.54. The van der Waals surface area contributed by atoms with Gasteiger partial charge in [-0.05, 0) is 29.3 Å². The number of nitrogens with zero attached hydrogens (tertiary/aromatic N) is 2. The van der Waals surface area contributed by atoms with E-state index in [0.717, 1.165) is 10.8 Å². The lowest BCUT2D eigenvalue weighted by atomic mass is 10.2. The highest BCUT2D eigenvalue weighted by atomic mass is 33.1. The van der Waals surface area contributed by atoms with Crippen LogP contribution in [-0.4, -0.2) is 46.7 Å². The lowest BCUT2D eigenvalue weighted by Gasteiger charge is -2.09. The van der Waals surface area contributed by atoms with E-state index in [0.29, 0.717) is 12.0 Å². The van der Waals surface area contributed by atoms with Crippen LogP contribution in [0.25, 0.3) is 0 Å². The number of aromatic nitrogens is 1. The van der Waals surface area contributed by atoms with E-state index in [4.69, 9.17) is 5.11 Å². The molecule has 1 heterocycles. The summed E-state index contributed by atoms with van der Waals surface area (Å²) in [6.07, 6.45) is 2.39. The van der Waals surface area contributed by atoms with Gasteiger partial charge >= 0.3 is 5.97 Å². The molecule has 1 amide bonds. The third-order valence-electron chi connectivity index (χ3n) is 2.15. The molecule has 1 N–H and O–H groups in total. The minimum absolute atomic E-state index is 0.0711. The number of hydrogen-bond acceptors (Lipinski definition) is 5. The summed E-state index contributed by atoms with van der Waals surface area (Å²) in [5.74, 6) is -0.0785. The van der Waals surface area contributed by atoms with E-state index in [2.05, 4.69) is 4.98 Å². The molecule has 0 atom stereocenters. The molecule has 0 aliphatic heterocycles. The Kier molecular flexibility index (Phi) is 6.72. The molecule has 0 radical (unpaired) electrons. The van der Waals surface area contributed by atoms with Gasteiger partial charge in [-0.25, -0.2) is 4.98 Å². The van der Waals surface area contributed by atoms with Gasteiger partial charge in [0.15, 0.2) is 0 Å². The molecular formula is C12H16N2O3S2. The molecule has 1 aromatic heterocycles. The zero-order chi connectivity index (χ0) is 14.3. The highest BCUT2D eigenvalue weighted by molar-refractivity contribution is 8.76. The maximum atomic E-state index is 11.6. The van der Waals surface area contributed by atoms with Gasteiger partial charge in [-0.15, -0.1) is 0 Å². The SMILES string of the molecule is CN(C)C(=O)c1ccc(SSCCCC(=O)O)nc1. The van der Waals surface area contributed by atoms with Crippen LogP contribution in [0.3, 0.4) is 0 Å². The predicted molar refractivity (Wildman–Crippen MR) is 77.4 cm³/mol. The Morgan fingerprint density at radius 2 is 2.11 bits per heavy atom. The molecule has 7 heteroatoms.